The predicted molar refractivity (Wildman–Crippen MR) is 34.9 cm³/mol. The van der Waals surface area contributed by atoms with Crippen molar-refractivity contribution < 1.29 is 17.8 Å². The first-order chi connectivity index (χ1) is 3.95. The van der Waals surface area contributed by atoms with Crippen molar-refractivity contribution in [1.82, 2.24) is 0 Å². The molecule has 0 bridgehead atoms. The highest BCUT2D eigenvalue weighted by atomic mass is 32.2. The zero-order valence-electron chi connectivity index (χ0n) is 4.70. The quantitative estimate of drug-likeness (QED) is 0.579. The summed E-state index contributed by atoms with van der Waals surface area (Å²) < 4.78 is 27.9. The van der Waals surface area contributed by atoms with Crippen molar-refractivity contribution in [2.45, 2.75) is 0 Å². The number of rotatable bonds is 2. The normalized spacial score (nSPS) is 11.3. The first-order valence-corrected chi connectivity index (χ1v) is 4.81. The van der Waals surface area contributed by atoms with Crippen molar-refractivity contribution in [3.05, 3.63) is 0 Å². The summed E-state index contributed by atoms with van der Waals surface area (Å²) in [5, 5.41) is -0.558. The third-order valence-corrected chi connectivity index (χ3v) is 1.94. The zero-order chi connectivity index (χ0) is 7.49. The topological polar surface area (TPSA) is 71.4 Å². The highest BCUT2D eigenvalue weighted by molar-refractivity contribution is 8.14. The molecule has 0 aliphatic rings. The van der Waals surface area contributed by atoms with Gasteiger partial charge in [0.1, 0.15) is 5.75 Å². The van der Waals surface area contributed by atoms with E-state index in [-0.39, 0.29) is 0 Å². The van der Waals surface area contributed by atoms with Crippen LogP contribution in [0.5, 0.6) is 0 Å². The van der Waals surface area contributed by atoms with Crippen LogP contribution in [0.4, 0.5) is 0 Å². The average molecular weight is 170 g/mol. The molecular weight excluding hydrogens is 164 g/mol. The van der Waals surface area contributed by atoms with Gasteiger partial charge in [0.25, 0.3) is 10.1 Å². The molecule has 0 aliphatic heterocycles. The molecule has 0 saturated carbocycles. The first-order valence-electron chi connectivity index (χ1n) is 1.97. The highest BCUT2D eigenvalue weighted by Gasteiger charge is 2.10. The van der Waals surface area contributed by atoms with Crippen molar-refractivity contribution >= 4 is 27.0 Å². The van der Waals surface area contributed by atoms with Crippen molar-refractivity contribution in [3.8, 4) is 0 Å². The molecule has 0 aromatic heterocycles. The van der Waals surface area contributed by atoms with E-state index in [1.807, 2.05) is 0 Å². The molecule has 54 valence electrons. The van der Waals surface area contributed by atoms with Crippen LogP contribution in [0.15, 0.2) is 0 Å². The van der Waals surface area contributed by atoms with E-state index in [2.05, 4.69) is 0 Å². The van der Waals surface area contributed by atoms with Crippen LogP contribution in [0, 0.1) is 0 Å². The fourth-order valence-electron chi connectivity index (χ4n) is 0.208. The molecule has 0 unspecified atom stereocenters. The summed E-state index contributed by atoms with van der Waals surface area (Å²) in [6, 6.07) is 0. The van der Waals surface area contributed by atoms with Crippen LogP contribution in [0.1, 0.15) is 0 Å². The summed E-state index contributed by atoms with van der Waals surface area (Å²) in [6.45, 7) is 0. The molecule has 0 aliphatic carbocycles. The van der Waals surface area contributed by atoms with Gasteiger partial charge in [-0.15, -0.1) is 0 Å². The minimum absolute atomic E-state index is 0.558. The Morgan fingerprint density at radius 2 is 2.11 bits per heavy atom. The number of carbonyl (C=O) groups excluding carboxylic acids is 1. The molecule has 0 atom stereocenters. The summed E-state index contributed by atoms with van der Waals surface area (Å²) in [4.78, 5) is 10.3. The average Bonchev–Trinajstić information content (AvgIpc) is 1.62. The van der Waals surface area contributed by atoms with Gasteiger partial charge in [-0.25, -0.2) is 0 Å². The minimum atomic E-state index is -4.11. The van der Waals surface area contributed by atoms with Crippen LogP contribution in [0.3, 0.4) is 0 Å². The second-order valence-electron chi connectivity index (χ2n) is 1.30. The molecule has 0 saturated heterocycles. The molecule has 0 fully saturated rings. The van der Waals surface area contributed by atoms with Gasteiger partial charge in [-0.1, -0.05) is 11.8 Å². The Bertz CT molecular complexity index is 192. The fourth-order valence-corrected chi connectivity index (χ4v) is 1.42. The van der Waals surface area contributed by atoms with Gasteiger partial charge in [0.15, 0.2) is 0 Å². The highest BCUT2D eigenvalue weighted by Crippen LogP contribution is 1.96. The van der Waals surface area contributed by atoms with Gasteiger partial charge >= 0.3 is 0 Å². The maximum Gasteiger partial charge on any atom is 0.272 e. The van der Waals surface area contributed by atoms with Crippen molar-refractivity contribution in [2.75, 3.05) is 12.0 Å². The van der Waals surface area contributed by atoms with E-state index >= 15 is 0 Å². The van der Waals surface area contributed by atoms with Crippen molar-refractivity contribution in [2.24, 2.45) is 0 Å². The van der Waals surface area contributed by atoms with Crippen LogP contribution < -0.4 is 0 Å². The molecule has 0 spiro atoms. The fraction of sp³-hybridized carbons (Fsp3) is 0.667. The van der Waals surface area contributed by atoms with Crippen LogP contribution in [-0.4, -0.2) is 30.1 Å². The smallest absolute Gasteiger partial charge is 0.272 e. The summed E-state index contributed by atoms with van der Waals surface area (Å²) >= 11 is 0.774. The molecule has 0 radical (unpaired) electrons. The minimum Gasteiger partial charge on any atom is -0.286 e. The predicted octanol–water partition coefficient (Wildman–Crippen LogP) is -0.236. The van der Waals surface area contributed by atoms with Crippen molar-refractivity contribution in [1.29, 1.82) is 0 Å². The molecule has 0 heterocycles. The molecule has 0 rings (SSSR count). The number of hydrogen-bond acceptors (Lipinski definition) is 4. The first kappa shape index (κ1) is 8.93. The van der Waals surface area contributed by atoms with Gasteiger partial charge < -0.3 is 0 Å². The van der Waals surface area contributed by atoms with Gasteiger partial charge in [-0.05, 0) is 6.26 Å². The second-order valence-corrected chi connectivity index (χ2v) is 3.62. The van der Waals surface area contributed by atoms with E-state index < -0.39 is 21.0 Å². The molecule has 0 aromatic rings. The Balaban J connectivity index is 3.91. The Morgan fingerprint density at radius 1 is 1.67 bits per heavy atom. The SMILES string of the molecule is CSC(=O)CS(=O)(=O)O. The molecule has 6 heteroatoms. The lowest BCUT2D eigenvalue weighted by Crippen LogP contribution is -2.10. The van der Waals surface area contributed by atoms with E-state index in [0.29, 0.717) is 0 Å². The maximum absolute atomic E-state index is 10.3. The van der Waals surface area contributed by atoms with E-state index in [9.17, 15) is 13.2 Å². The zero-order valence-corrected chi connectivity index (χ0v) is 6.33. The van der Waals surface area contributed by atoms with E-state index in [1.165, 1.54) is 6.26 Å². The van der Waals surface area contributed by atoms with Crippen LogP contribution in [0.2, 0.25) is 0 Å². The second kappa shape index (κ2) is 3.19. The van der Waals surface area contributed by atoms with Gasteiger partial charge in [0.05, 0.1) is 0 Å². The summed E-state index contributed by atoms with van der Waals surface area (Å²) in [5.74, 6) is -0.797. The standard InChI is InChI=1S/C3H6O4S2/c1-8-3(4)2-9(5,6)7/h2H2,1H3,(H,5,6,7). The number of carbonyl (C=O) groups is 1. The van der Waals surface area contributed by atoms with Gasteiger partial charge in [0.2, 0.25) is 5.12 Å². The molecule has 0 amide bonds. The van der Waals surface area contributed by atoms with Crippen LogP contribution in [-0.2, 0) is 14.9 Å². The van der Waals surface area contributed by atoms with Gasteiger partial charge in [-0.2, -0.15) is 8.42 Å². The maximum atomic E-state index is 10.3. The summed E-state index contributed by atoms with van der Waals surface area (Å²) in [5.41, 5.74) is 0. The third-order valence-electron chi connectivity index (χ3n) is 0.528. The van der Waals surface area contributed by atoms with Crippen LogP contribution in [0.25, 0.3) is 0 Å². The molecule has 0 aromatic carbocycles. The van der Waals surface area contributed by atoms with Crippen molar-refractivity contribution in [3.63, 3.8) is 0 Å². The Kier molecular flexibility index (Phi) is 3.16. The molecule has 9 heavy (non-hydrogen) atoms. The third kappa shape index (κ3) is 5.81. The Morgan fingerprint density at radius 3 is 2.22 bits per heavy atom. The Hall–Kier alpha value is -0.0700. The monoisotopic (exact) mass is 170 g/mol. The largest absolute Gasteiger partial charge is 0.286 e. The van der Waals surface area contributed by atoms with Gasteiger partial charge in [-0.3, -0.25) is 9.35 Å². The number of hydrogen-bond donors (Lipinski definition) is 1. The molecule has 1 N–H and O–H groups in total. The summed E-state index contributed by atoms with van der Waals surface area (Å²) in [7, 11) is -4.11. The lowest BCUT2D eigenvalue weighted by atomic mass is 10.9. The summed E-state index contributed by atoms with van der Waals surface area (Å²) in [6.07, 6.45) is 1.45. The van der Waals surface area contributed by atoms with Crippen LogP contribution >= 0.6 is 11.8 Å². The lowest BCUT2D eigenvalue weighted by Gasteiger charge is -1.89. The number of thioether (sulfide) groups is 1. The van der Waals surface area contributed by atoms with E-state index in [1.54, 1.807) is 0 Å². The lowest BCUT2D eigenvalue weighted by molar-refractivity contribution is -0.108. The van der Waals surface area contributed by atoms with E-state index in [4.69, 9.17) is 4.55 Å². The Labute approximate surface area is 57.4 Å². The van der Waals surface area contributed by atoms with Gasteiger partial charge in [0, 0.05) is 0 Å². The van der Waals surface area contributed by atoms with E-state index in [0.717, 1.165) is 11.8 Å². The molecular formula is C3H6O4S2. The molecule has 4 nitrogen and oxygen atoms in total.